The Morgan fingerprint density at radius 3 is 2.42 bits per heavy atom. The number of hydrogen-bond acceptors (Lipinski definition) is 3. The van der Waals surface area contributed by atoms with Crippen molar-refractivity contribution in [1.82, 2.24) is 0 Å². The minimum atomic E-state index is -4.34. The van der Waals surface area contributed by atoms with Crippen LogP contribution in [0.15, 0.2) is 18.2 Å². The molecule has 0 saturated carbocycles. The zero-order valence-corrected chi connectivity index (χ0v) is 9.62. The third-order valence-corrected chi connectivity index (χ3v) is 2.26. The molecule has 0 aliphatic carbocycles. The molecule has 0 saturated heterocycles. The molecular weight excluding hydrogens is 265 g/mol. The molecule has 1 aromatic rings. The van der Waals surface area contributed by atoms with Crippen LogP contribution in [0.4, 0.5) is 18.9 Å². The van der Waals surface area contributed by atoms with Gasteiger partial charge < -0.3 is 16.2 Å². The van der Waals surface area contributed by atoms with Gasteiger partial charge in [0.15, 0.2) is 0 Å². The molecule has 1 amide bonds. The minimum absolute atomic E-state index is 0.0309. The molecule has 5 nitrogen and oxygen atoms in total. The molecule has 4 N–H and O–H groups in total. The van der Waals surface area contributed by atoms with Crippen molar-refractivity contribution in [2.45, 2.75) is 12.6 Å². The van der Waals surface area contributed by atoms with Crippen LogP contribution in [0.25, 0.3) is 0 Å². The van der Waals surface area contributed by atoms with Gasteiger partial charge in [-0.15, -0.1) is 0 Å². The monoisotopic (exact) mass is 276 g/mol. The van der Waals surface area contributed by atoms with Gasteiger partial charge in [0.05, 0.1) is 17.5 Å². The van der Waals surface area contributed by atoms with E-state index < -0.39 is 31.0 Å². The minimum Gasteiger partial charge on any atom is -0.478 e. The largest absolute Gasteiger partial charge is 0.478 e. The van der Waals surface area contributed by atoms with Crippen molar-refractivity contribution in [2.75, 3.05) is 11.9 Å². The third kappa shape index (κ3) is 4.49. The molecule has 19 heavy (non-hydrogen) atoms. The number of carboxylic acid groups (broad SMARTS) is 1. The number of halogens is 3. The highest BCUT2D eigenvalue weighted by molar-refractivity contribution is 6.00. The van der Waals surface area contributed by atoms with Gasteiger partial charge in [-0.25, -0.2) is 4.79 Å². The summed E-state index contributed by atoms with van der Waals surface area (Å²) in [7, 11) is 0. The summed E-state index contributed by atoms with van der Waals surface area (Å²) in [6, 6.07) is 3.37. The topological polar surface area (TPSA) is 92.4 Å². The predicted molar refractivity (Wildman–Crippen MR) is 61.1 cm³/mol. The molecule has 0 spiro atoms. The van der Waals surface area contributed by atoms with E-state index in [1.165, 1.54) is 0 Å². The van der Waals surface area contributed by atoms with Crippen molar-refractivity contribution >= 4 is 17.6 Å². The lowest BCUT2D eigenvalue weighted by molar-refractivity contribution is -0.131. The summed E-state index contributed by atoms with van der Waals surface area (Å²) >= 11 is 0. The maximum Gasteiger partial charge on any atom is 0.390 e. The maximum atomic E-state index is 12.0. The van der Waals surface area contributed by atoms with Gasteiger partial charge in [-0.2, -0.15) is 13.2 Å². The van der Waals surface area contributed by atoms with Gasteiger partial charge in [0.2, 0.25) is 0 Å². The molecule has 0 atom stereocenters. The number of aromatic carboxylic acids is 1. The smallest absolute Gasteiger partial charge is 0.390 e. The molecule has 104 valence electrons. The number of hydrogen-bond donors (Lipinski definition) is 3. The summed E-state index contributed by atoms with van der Waals surface area (Å²) in [6.07, 6.45) is -5.45. The first-order chi connectivity index (χ1) is 8.70. The Labute approximate surface area is 106 Å². The Morgan fingerprint density at radius 1 is 1.32 bits per heavy atom. The zero-order valence-electron chi connectivity index (χ0n) is 9.62. The van der Waals surface area contributed by atoms with Crippen molar-refractivity contribution < 1.29 is 27.9 Å². The fourth-order valence-electron chi connectivity index (χ4n) is 1.38. The van der Waals surface area contributed by atoms with Crippen molar-refractivity contribution in [3.8, 4) is 0 Å². The standard InChI is InChI=1S/C11H11F3N2O3/c12-11(13,14)3-4-16-8-5-6(10(18)19)1-2-7(8)9(15)17/h1-2,5,16H,3-4H2,(H2,15,17)(H,18,19). The van der Waals surface area contributed by atoms with Crippen molar-refractivity contribution in [3.05, 3.63) is 29.3 Å². The van der Waals surface area contributed by atoms with E-state index in [4.69, 9.17) is 10.8 Å². The summed E-state index contributed by atoms with van der Waals surface area (Å²) < 4.78 is 36.0. The van der Waals surface area contributed by atoms with Crippen LogP contribution < -0.4 is 11.1 Å². The second-order valence-electron chi connectivity index (χ2n) is 3.72. The van der Waals surface area contributed by atoms with Gasteiger partial charge in [0.25, 0.3) is 5.91 Å². The van der Waals surface area contributed by atoms with Crippen molar-refractivity contribution in [2.24, 2.45) is 5.73 Å². The second-order valence-corrected chi connectivity index (χ2v) is 3.72. The van der Waals surface area contributed by atoms with Crippen molar-refractivity contribution in [1.29, 1.82) is 0 Å². The lowest BCUT2D eigenvalue weighted by Crippen LogP contribution is -2.18. The Hall–Kier alpha value is -2.25. The van der Waals surface area contributed by atoms with E-state index in [0.29, 0.717) is 0 Å². The van der Waals surface area contributed by atoms with Crippen LogP contribution in [0.1, 0.15) is 27.1 Å². The first kappa shape index (κ1) is 14.8. The Balaban J connectivity index is 2.92. The molecule has 0 bridgehead atoms. The van der Waals surface area contributed by atoms with E-state index in [0.717, 1.165) is 18.2 Å². The number of rotatable bonds is 5. The lowest BCUT2D eigenvalue weighted by atomic mass is 10.1. The highest BCUT2D eigenvalue weighted by Gasteiger charge is 2.26. The first-order valence-corrected chi connectivity index (χ1v) is 5.18. The van der Waals surface area contributed by atoms with Crippen LogP contribution >= 0.6 is 0 Å². The number of alkyl halides is 3. The van der Waals surface area contributed by atoms with Gasteiger partial charge >= 0.3 is 12.1 Å². The molecule has 0 fully saturated rings. The Bertz CT molecular complexity index is 500. The van der Waals surface area contributed by atoms with Gasteiger partial charge in [0, 0.05) is 12.2 Å². The predicted octanol–water partition coefficient (Wildman–Crippen LogP) is 1.85. The number of carboxylic acids is 1. The summed E-state index contributed by atoms with van der Waals surface area (Å²) in [5.74, 6) is -2.11. The molecule has 0 radical (unpaired) electrons. The number of nitrogens with two attached hydrogens (primary N) is 1. The Kier molecular flexibility index (Phi) is 4.36. The van der Waals surface area contributed by atoms with Gasteiger partial charge in [-0.1, -0.05) is 0 Å². The number of benzene rings is 1. The SMILES string of the molecule is NC(=O)c1ccc(C(=O)O)cc1NCCC(F)(F)F. The first-order valence-electron chi connectivity index (χ1n) is 5.18. The van der Waals surface area contributed by atoms with E-state index in [1.54, 1.807) is 0 Å². The average Bonchev–Trinajstić information content (AvgIpc) is 2.26. The van der Waals surface area contributed by atoms with E-state index >= 15 is 0 Å². The molecular formula is C11H11F3N2O3. The second kappa shape index (κ2) is 5.59. The number of carbonyl (C=O) groups is 2. The molecule has 1 aromatic carbocycles. The molecule has 0 unspecified atom stereocenters. The van der Waals surface area contributed by atoms with Gasteiger partial charge in [-0.3, -0.25) is 4.79 Å². The maximum absolute atomic E-state index is 12.0. The van der Waals surface area contributed by atoms with E-state index in [-0.39, 0.29) is 16.8 Å². The molecule has 0 aromatic heterocycles. The third-order valence-electron chi connectivity index (χ3n) is 2.26. The molecule has 0 aliphatic rings. The van der Waals surface area contributed by atoms with Gasteiger partial charge in [-0.05, 0) is 18.2 Å². The molecule has 0 heterocycles. The van der Waals surface area contributed by atoms with Crippen LogP contribution in [-0.4, -0.2) is 29.7 Å². The highest BCUT2D eigenvalue weighted by atomic mass is 19.4. The Morgan fingerprint density at radius 2 is 1.95 bits per heavy atom. The van der Waals surface area contributed by atoms with E-state index in [9.17, 15) is 22.8 Å². The molecule has 8 heteroatoms. The van der Waals surface area contributed by atoms with E-state index in [1.807, 2.05) is 0 Å². The van der Waals surface area contributed by atoms with E-state index in [2.05, 4.69) is 5.32 Å². The summed E-state index contributed by atoms with van der Waals surface area (Å²) in [6.45, 7) is -0.479. The normalized spacial score (nSPS) is 11.1. The van der Waals surface area contributed by atoms with Crippen LogP contribution in [-0.2, 0) is 0 Å². The lowest BCUT2D eigenvalue weighted by Gasteiger charge is -2.12. The molecule has 1 rings (SSSR count). The number of anilines is 1. The fraction of sp³-hybridized carbons (Fsp3) is 0.273. The van der Waals surface area contributed by atoms with Gasteiger partial charge in [0.1, 0.15) is 0 Å². The summed E-state index contributed by atoms with van der Waals surface area (Å²) in [4.78, 5) is 21.8. The quantitative estimate of drug-likeness (QED) is 0.765. The fourth-order valence-corrected chi connectivity index (χ4v) is 1.38. The highest BCUT2D eigenvalue weighted by Crippen LogP contribution is 2.21. The summed E-state index contributed by atoms with van der Waals surface area (Å²) in [5, 5.41) is 11.1. The summed E-state index contributed by atoms with van der Waals surface area (Å²) in [5.41, 5.74) is 4.80. The van der Waals surface area contributed by atoms with Crippen LogP contribution in [0.5, 0.6) is 0 Å². The number of primary amides is 1. The molecule has 0 aliphatic heterocycles. The number of nitrogens with one attached hydrogen (secondary N) is 1. The zero-order chi connectivity index (χ0) is 14.6. The van der Waals surface area contributed by atoms with Crippen LogP contribution in [0, 0.1) is 0 Å². The number of carbonyl (C=O) groups excluding carboxylic acids is 1. The van der Waals surface area contributed by atoms with Crippen LogP contribution in [0.2, 0.25) is 0 Å². The van der Waals surface area contributed by atoms with Crippen molar-refractivity contribution in [3.63, 3.8) is 0 Å². The average molecular weight is 276 g/mol. The van der Waals surface area contributed by atoms with Crippen LogP contribution in [0.3, 0.4) is 0 Å². The number of amides is 1.